The fourth-order valence-corrected chi connectivity index (χ4v) is 2.53. The van der Waals surface area contributed by atoms with Crippen molar-refractivity contribution in [2.75, 3.05) is 11.1 Å². The number of nitrogen functional groups attached to an aromatic ring is 1. The molecule has 106 valence electrons. The number of aryl methyl sites for hydroxylation is 1. The van der Waals surface area contributed by atoms with Crippen LogP contribution in [0.25, 0.3) is 0 Å². The maximum atomic E-state index is 12.1. The van der Waals surface area contributed by atoms with Crippen LogP contribution in [-0.2, 0) is 0 Å². The topological polar surface area (TPSA) is 64.3 Å². The molecule has 5 heteroatoms. The number of carbonyl (C=O) groups excluding carboxylic acids is 1. The van der Waals surface area contributed by atoms with Crippen molar-refractivity contribution in [1.82, 2.24) is 0 Å². The summed E-state index contributed by atoms with van der Waals surface area (Å²) in [5.74, 6) is 0.640. The molecule has 1 amide bonds. The second-order valence-electron chi connectivity index (χ2n) is 4.77. The van der Waals surface area contributed by atoms with Crippen LogP contribution in [-0.4, -0.2) is 12.0 Å². The van der Waals surface area contributed by atoms with Gasteiger partial charge in [-0.2, -0.15) is 0 Å². The number of ether oxygens (including phenoxy) is 1. The Morgan fingerprint density at radius 1 is 1.30 bits per heavy atom. The van der Waals surface area contributed by atoms with Gasteiger partial charge in [-0.1, -0.05) is 0 Å². The Labute approximate surface area is 122 Å². The van der Waals surface area contributed by atoms with Crippen LogP contribution in [0.5, 0.6) is 5.75 Å². The lowest BCUT2D eigenvalue weighted by Gasteiger charge is -2.10. The van der Waals surface area contributed by atoms with E-state index in [0.717, 1.165) is 16.3 Å². The number of rotatable bonds is 4. The standard InChI is InChI=1S/C15H18N2O2S/c1-9(2)19-12-6-4-11(5-7-12)17-15(18)14-8-13(16)10(3)20-14/h4-9H,16H2,1-3H3,(H,17,18). The first-order chi connectivity index (χ1) is 9.45. The molecule has 0 bridgehead atoms. The second kappa shape index (κ2) is 5.96. The maximum Gasteiger partial charge on any atom is 0.265 e. The van der Waals surface area contributed by atoms with Crippen LogP contribution >= 0.6 is 11.3 Å². The Bertz CT molecular complexity index is 583. The first-order valence-corrected chi connectivity index (χ1v) is 7.21. The third-order valence-electron chi connectivity index (χ3n) is 2.66. The Morgan fingerprint density at radius 3 is 2.45 bits per heavy atom. The molecule has 1 aromatic carbocycles. The van der Waals surface area contributed by atoms with Gasteiger partial charge in [-0.3, -0.25) is 4.79 Å². The highest BCUT2D eigenvalue weighted by Crippen LogP contribution is 2.24. The first kappa shape index (κ1) is 14.4. The number of carbonyl (C=O) groups is 1. The molecule has 1 aromatic heterocycles. The van der Waals surface area contributed by atoms with Crippen molar-refractivity contribution in [3.63, 3.8) is 0 Å². The molecular formula is C15H18N2O2S. The summed E-state index contributed by atoms with van der Waals surface area (Å²) >= 11 is 1.39. The molecule has 0 fully saturated rings. The van der Waals surface area contributed by atoms with Crippen LogP contribution in [0.4, 0.5) is 11.4 Å². The fraction of sp³-hybridized carbons (Fsp3) is 0.267. The van der Waals surface area contributed by atoms with Crippen molar-refractivity contribution in [3.8, 4) is 5.75 Å². The van der Waals surface area contributed by atoms with E-state index >= 15 is 0 Å². The highest BCUT2D eigenvalue weighted by molar-refractivity contribution is 7.14. The van der Waals surface area contributed by atoms with Gasteiger partial charge in [0.1, 0.15) is 5.75 Å². The maximum absolute atomic E-state index is 12.1. The van der Waals surface area contributed by atoms with Crippen LogP contribution in [0.1, 0.15) is 28.4 Å². The molecule has 0 spiro atoms. The SMILES string of the molecule is Cc1sc(C(=O)Nc2ccc(OC(C)C)cc2)cc1N. The zero-order chi connectivity index (χ0) is 14.7. The van der Waals surface area contributed by atoms with E-state index < -0.39 is 0 Å². The molecule has 0 aliphatic rings. The molecule has 0 aliphatic carbocycles. The van der Waals surface area contributed by atoms with Crippen molar-refractivity contribution in [3.05, 3.63) is 40.1 Å². The van der Waals surface area contributed by atoms with Crippen molar-refractivity contribution in [1.29, 1.82) is 0 Å². The number of hydrogen-bond acceptors (Lipinski definition) is 4. The minimum atomic E-state index is -0.146. The normalized spacial score (nSPS) is 10.6. The summed E-state index contributed by atoms with van der Waals surface area (Å²) in [5, 5.41) is 2.84. The molecule has 2 aromatic rings. The van der Waals surface area contributed by atoms with Crippen LogP contribution in [0.3, 0.4) is 0 Å². The molecule has 2 rings (SSSR count). The number of thiophene rings is 1. The van der Waals surface area contributed by atoms with Crippen LogP contribution < -0.4 is 15.8 Å². The average molecular weight is 290 g/mol. The number of nitrogens with two attached hydrogens (primary N) is 1. The number of amides is 1. The molecule has 0 unspecified atom stereocenters. The molecule has 20 heavy (non-hydrogen) atoms. The van der Waals surface area contributed by atoms with E-state index in [0.29, 0.717) is 10.6 Å². The van der Waals surface area contributed by atoms with Gasteiger partial charge in [0.2, 0.25) is 0 Å². The predicted octanol–water partition coefficient (Wildman–Crippen LogP) is 3.68. The van der Waals surface area contributed by atoms with E-state index in [-0.39, 0.29) is 12.0 Å². The molecule has 0 atom stereocenters. The Hall–Kier alpha value is -2.01. The minimum absolute atomic E-state index is 0.132. The van der Waals surface area contributed by atoms with E-state index in [1.54, 1.807) is 6.07 Å². The zero-order valence-electron chi connectivity index (χ0n) is 11.8. The second-order valence-corrected chi connectivity index (χ2v) is 6.02. The van der Waals surface area contributed by atoms with E-state index in [9.17, 15) is 4.79 Å². The quantitative estimate of drug-likeness (QED) is 0.902. The van der Waals surface area contributed by atoms with Crippen LogP contribution in [0.2, 0.25) is 0 Å². The fourth-order valence-electron chi connectivity index (χ4n) is 1.69. The monoisotopic (exact) mass is 290 g/mol. The number of anilines is 2. The van der Waals surface area contributed by atoms with Crippen LogP contribution in [0.15, 0.2) is 30.3 Å². The molecule has 1 heterocycles. The van der Waals surface area contributed by atoms with Gasteiger partial charge in [-0.05, 0) is 51.1 Å². The zero-order valence-corrected chi connectivity index (χ0v) is 12.6. The van der Waals surface area contributed by atoms with Gasteiger partial charge in [0.15, 0.2) is 0 Å². The lowest BCUT2D eigenvalue weighted by atomic mass is 10.3. The molecule has 0 saturated carbocycles. The van der Waals surface area contributed by atoms with Gasteiger partial charge in [0, 0.05) is 16.3 Å². The highest BCUT2D eigenvalue weighted by Gasteiger charge is 2.11. The van der Waals surface area contributed by atoms with Gasteiger partial charge in [0.25, 0.3) is 5.91 Å². The molecule has 3 N–H and O–H groups in total. The average Bonchev–Trinajstić information content (AvgIpc) is 2.71. The summed E-state index contributed by atoms with van der Waals surface area (Å²) in [5.41, 5.74) is 7.14. The van der Waals surface area contributed by atoms with Gasteiger partial charge >= 0.3 is 0 Å². The summed E-state index contributed by atoms with van der Waals surface area (Å²) in [7, 11) is 0. The highest BCUT2D eigenvalue weighted by atomic mass is 32.1. The summed E-state index contributed by atoms with van der Waals surface area (Å²) < 4.78 is 5.55. The molecule has 0 saturated heterocycles. The largest absolute Gasteiger partial charge is 0.491 e. The number of benzene rings is 1. The first-order valence-electron chi connectivity index (χ1n) is 6.39. The van der Waals surface area contributed by atoms with Gasteiger partial charge in [-0.25, -0.2) is 0 Å². The van der Waals surface area contributed by atoms with E-state index in [2.05, 4.69) is 5.32 Å². The summed E-state index contributed by atoms with van der Waals surface area (Å²) in [6.07, 6.45) is 0.132. The van der Waals surface area contributed by atoms with Gasteiger partial charge in [0.05, 0.1) is 11.0 Å². The molecule has 0 aliphatic heterocycles. The van der Waals surface area contributed by atoms with E-state index in [1.807, 2.05) is 45.0 Å². The predicted molar refractivity (Wildman–Crippen MR) is 83.6 cm³/mol. The number of hydrogen-bond donors (Lipinski definition) is 2. The summed E-state index contributed by atoms with van der Waals surface area (Å²) in [6, 6.07) is 9.01. The van der Waals surface area contributed by atoms with E-state index in [1.165, 1.54) is 11.3 Å². The lowest BCUT2D eigenvalue weighted by molar-refractivity contribution is 0.103. The summed E-state index contributed by atoms with van der Waals surface area (Å²) in [6.45, 7) is 5.84. The van der Waals surface area contributed by atoms with Crippen molar-refractivity contribution >= 4 is 28.6 Å². The van der Waals surface area contributed by atoms with E-state index in [4.69, 9.17) is 10.5 Å². The van der Waals surface area contributed by atoms with Crippen molar-refractivity contribution in [2.24, 2.45) is 0 Å². The third-order valence-corrected chi connectivity index (χ3v) is 3.73. The Balaban J connectivity index is 2.04. The van der Waals surface area contributed by atoms with Crippen molar-refractivity contribution < 1.29 is 9.53 Å². The smallest absolute Gasteiger partial charge is 0.265 e. The van der Waals surface area contributed by atoms with Gasteiger partial charge in [-0.15, -0.1) is 11.3 Å². The Morgan fingerprint density at radius 2 is 1.95 bits per heavy atom. The van der Waals surface area contributed by atoms with Gasteiger partial charge < -0.3 is 15.8 Å². The molecule has 0 radical (unpaired) electrons. The summed E-state index contributed by atoms with van der Waals surface area (Å²) in [4.78, 5) is 13.6. The number of nitrogens with one attached hydrogen (secondary N) is 1. The minimum Gasteiger partial charge on any atom is -0.491 e. The third kappa shape index (κ3) is 3.51. The van der Waals surface area contributed by atoms with Crippen molar-refractivity contribution in [2.45, 2.75) is 26.9 Å². The molecular weight excluding hydrogens is 272 g/mol. The van der Waals surface area contributed by atoms with Crippen LogP contribution in [0, 0.1) is 6.92 Å². The lowest BCUT2D eigenvalue weighted by Crippen LogP contribution is -2.10. The Kier molecular flexibility index (Phi) is 4.29. The molecule has 4 nitrogen and oxygen atoms in total.